The molecule has 0 radical (unpaired) electrons. The molecule has 0 aliphatic heterocycles. The van der Waals surface area contributed by atoms with Crippen molar-refractivity contribution in [1.82, 2.24) is 0 Å². The molecule has 4 rings (SSSR count). The van der Waals surface area contributed by atoms with Crippen molar-refractivity contribution in [3.05, 3.63) is 107 Å². The van der Waals surface area contributed by atoms with E-state index in [9.17, 15) is 39.6 Å². The first-order valence-electron chi connectivity index (χ1n) is 10.6. The minimum atomic E-state index is -1.27. The van der Waals surface area contributed by atoms with Gasteiger partial charge < -0.3 is 20.4 Å². The van der Waals surface area contributed by atoms with Gasteiger partial charge in [-0.25, -0.2) is 19.2 Å². The van der Waals surface area contributed by atoms with Crippen LogP contribution >= 0.6 is 0 Å². The lowest BCUT2D eigenvalue weighted by Gasteiger charge is -2.13. The zero-order valence-electron chi connectivity index (χ0n) is 18.5. The van der Waals surface area contributed by atoms with Crippen LogP contribution in [0.25, 0.3) is 33.4 Å². The molecule has 8 nitrogen and oxygen atoms in total. The predicted octanol–water partition coefficient (Wildman–Crippen LogP) is 5.48. The summed E-state index contributed by atoms with van der Waals surface area (Å²) in [4.78, 5) is 45.7. The van der Waals surface area contributed by atoms with Crippen molar-refractivity contribution >= 4 is 23.9 Å². The van der Waals surface area contributed by atoms with Crippen LogP contribution < -0.4 is 0 Å². The van der Waals surface area contributed by atoms with Gasteiger partial charge in [0, 0.05) is 0 Å². The number of aromatic carboxylic acids is 4. The third-order valence-corrected chi connectivity index (χ3v) is 5.62. The Balaban J connectivity index is 1.93. The summed E-state index contributed by atoms with van der Waals surface area (Å²) in [5.74, 6) is -4.68. The van der Waals surface area contributed by atoms with E-state index in [-0.39, 0.29) is 22.3 Å². The summed E-state index contributed by atoms with van der Waals surface area (Å²) in [6.07, 6.45) is 0. The highest BCUT2D eigenvalue weighted by Crippen LogP contribution is 2.34. The molecule has 4 aromatic rings. The highest BCUT2D eigenvalue weighted by atomic mass is 16.4. The largest absolute Gasteiger partial charge is 0.478 e. The van der Waals surface area contributed by atoms with E-state index in [2.05, 4.69) is 0 Å². The molecule has 178 valence electrons. The fourth-order valence-electron chi connectivity index (χ4n) is 3.78. The second kappa shape index (κ2) is 9.55. The molecular formula is C28H18O8. The lowest BCUT2D eigenvalue weighted by Crippen LogP contribution is -2.03. The van der Waals surface area contributed by atoms with Gasteiger partial charge in [0.15, 0.2) is 0 Å². The fourth-order valence-corrected chi connectivity index (χ4v) is 3.78. The van der Waals surface area contributed by atoms with Gasteiger partial charge in [0.2, 0.25) is 0 Å². The first-order valence-corrected chi connectivity index (χ1v) is 10.6. The molecule has 0 amide bonds. The fraction of sp³-hybridized carbons (Fsp3) is 0. The summed E-state index contributed by atoms with van der Waals surface area (Å²) < 4.78 is 0. The standard InChI is InChI=1S/C28H18O8/c29-25(30)17-5-1-15(2-6-17)19-9-20(16-3-7-18(8-4-16)26(31)32)11-21(10-19)22-12-23(27(33)34)14-24(13-22)28(35)36/h1-14H,(H,29,30)(H,31,32)(H,33,34)(H,35,36). The van der Waals surface area contributed by atoms with Gasteiger partial charge in [-0.2, -0.15) is 0 Å². The molecule has 0 fully saturated rings. The van der Waals surface area contributed by atoms with E-state index >= 15 is 0 Å². The average molecular weight is 482 g/mol. The summed E-state index contributed by atoms with van der Waals surface area (Å²) in [7, 11) is 0. The van der Waals surface area contributed by atoms with Crippen molar-refractivity contribution in [2.75, 3.05) is 0 Å². The van der Waals surface area contributed by atoms with Gasteiger partial charge in [0.25, 0.3) is 0 Å². The van der Waals surface area contributed by atoms with Gasteiger partial charge in [0.1, 0.15) is 0 Å². The number of hydrogen-bond donors (Lipinski definition) is 4. The first-order chi connectivity index (χ1) is 17.1. The Morgan fingerprint density at radius 3 is 0.917 bits per heavy atom. The molecule has 0 atom stereocenters. The van der Waals surface area contributed by atoms with Gasteiger partial charge in [-0.3, -0.25) is 0 Å². The van der Waals surface area contributed by atoms with E-state index in [4.69, 9.17) is 0 Å². The third-order valence-electron chi connectivity index (χ3n) is 5.62. The van der Waals surface area contributed by atoms with Crippen molar-refractivity contribution in [2.24, 2.45) is 0 Å². The molecule has 0 saturated heterocycles. The number of rotatable bonds is 7. The molecule has 0 saturated carbocycles. The van der Waals surface area contributed by atoms with Crippen molar-refractivity contribution in [1.29, 1.82) is 0 Å². The van der Waals surface area contributed by atoms with E-state index in [1.165, 1.54) is 36.4 Å². The van der Waals surface area contributed by atoms with Crippen molar-refractivity contribution in [3.63, 3.8) is 0 Å². The Bertz CT molecular complexity index is 1410. The van der Waals surface area contributed by atoms with E-state index < -0.39 is 23.9 Å². The van der Waals surface area contributed by atoms with Crippen LogP contribution in [0.4, 0.5) is 0 Å². The van der Waals surface area contributed by atoms with E-state index in [0.29, 0.717) is 33.4 Å². The van der Waals surface area contributed by atoms with Gasteiger partial charge in [-0.15, -0.1) is 0 Å². The van der Waals surface area contributed by atoms with Crippen molar-refractivity contribution < 1.29 is 39.6 Å². The average Bonchev–Trinajstić information content (AvgIpc) is 2.88. The molecule has 0 bridgehead atoms. The summed E-state index contributed by atoms with van der Waals surface area (Å²) >= 11 is 0. The number of hydrogen-bond acceptors (Lipinski definition) is 4. The lowest BCUT2D eigenvalue weighted by atomic mass is 9.91. The van der Waals surface area contributed by atoms with Gasteiger partial charge >= 0.3 is 23.9 Å². The van der Waals surface area contributed by atoms with Crippen LogP contribution in [0.15, 0.2) is 84.9 Å². The number of carboxylic acid groups (broad SMARTS) is 4. The highest BCUT2D eigenvalue weighted by molar-refractivity contribution is 5.97. The monoisotopic (exact) mass is 482 g/mol. The zero-order valence-corrected chi connectivity index (χ0v) is 18.5. The summed E-state index contributed by atoms with van der Waals surface area (Å²) in [6, 6.07) is 21.5. The van der Waals surface area contributed by atoms with Gasteiger partial charge in [-0.05, 0) is 94.0 Å². The van der Waals surface area contributed by atoms with Crippen LogP contribution in [0, 0.1) is 0 Å². The summed E-state index contributed by atoms with van der Waals surface area (Å²) in [6.45, 7) is 0. The highest BCUT2D eigenvalue weighted by Gasteiger charge is 2.15. The van der Waals surface area contributed by atoms with Crippen LogP contribution in [0.1, 0.15) is 41.4 Å². The number of carbonyl (C=O) groups is 4. The smallest absolute Gasteiger partial charge is 0.335 e. The molecule has 0 unspecified atom stereocenters. The summed E-state index contributed by atoms with van der Waals surface area (Å²) in [5, 5.41) is 37.4. The second-order valence-electron chi connectivity index (χ2n) is 7.97. The van der Waals surface area contributed by atoms with E-state index in [0.717, 1.165) is 6.07 Å². The van der Waals surface area contributed by atoms with Crippen LogP contribution in [-0.2, 0) is 0 Å². The third kappa shape index (κ3) is 4.97. The van der Waals surface area contributed by atoms with Gasteiger partial charge in [-0.1, -0.05) is 24.3 Å². The number of benzene rings is 4. The molecule has 4 N–H and O–H groups in total. The Morgan fingerprint density at radius 2 is 0.611 bits per heavy atom. The maximum Gasteiger partial charge on any atom is 0.335 e. The van der Waals surface area contributed by atoms with Gasteiger partial charge in [0.05, 0.1) is 22.3 Å². The van der Waals surface area contributed by atoms with Crippen molar-refractivity contribution in [2.45, 2.75) is 0 Å². The number of carboxylic acids is 4. The maximum absolute atomic E-state index is 11.6. The molecule has 36 heavy (non-hydrogen) atoms. The predicted molar refractivity (Wildman–Crippen MR) is 131 cm³/mol. The minimum Gasteiger partial charge on any atom is -0.478 e. The Hall–Kier alpha value is -5.24. The lowest BCUT2D eigenvalue weighted by molar-refractivity contribution is 0.0680. The topological polar surface area (TPSA) is 149 Å². The first kappa shape index (κ1) is 23.9. The van der Waals surface area contributed by atoms with Crippen LogP contribution in [0.2, 0.25) is 0 Å². The van der Waals surface area contributed by atoms with E-state index in [1.807, 2.05) is 6.07 Å². The van der Waals surface area contributed by atoms with Crippen LogP contribution in [0.3, 0.4) is 0 Å². The van der Waals surface area contributed by atoms with Crippen LogP contribution in [-0.4, -0.2) is 44.3 Å². The normalized spacial score (nSPS) is 10.6. The molecule has 0 aliphatic rings. The van der Waals surface area contributed by atoms with E-state index in [1.54, 1.807) is 36.4 Å². The molecule has 0 spiro atoms. The molecule has 0 aliphatic carbocycles. The minimum absolute atomic E-state index is 0.111. The molecular weight excluding hydrogens is 464 g/mol. The zero-order chi connectivity index (χ0) is 26.0. The Labute approximate surface area is 204 Å². The maximum atomic E-state index is 11.6. The Morgan fingerprint density at radius 1 is 0.333 bits per heavy atom. The second-order valence-corrected chi connectivity index (χ2v) is 7.97. The Kier molecular flexibility index (Phi) is 6.34. The molecule has 8 heteroatoms. The quantitative estimate of drug-likeness (QED) is 0.270. The molecule has 0 heterocycles. The van der Waals surface area contributed by atoms with Crippen molar-refractivity contribution in [3.8, 4) is 33.4 Å². The van der Waals surface area contributed by atoms with Crippen LogP contribution in [0.5, 0.6) is 0 Å². The molecule has 0 aromatic heterocycles. The summed E-state index contributed by atoms with van der Waals surface area (Å²) in [5.41, 5.74) is 3.42. The SMILES string of the molecule is O=C(O)c1ccc(-c2cc(-c3ccc(C(=O)O)cc3)cc(-c3cc(C(=O)O)cc(C(=O)O)c3)c2)cc1. The molecule has 4 aromatic carbocycles.